The van der Waals surface area contributed by atoms with Gasteiger partial charge in [-0.2, -0.15) is 0 Å². The van der Waals surface area contributed by atoms with E-state index in [1.54, 1.807) is 36.9 Å². The van der Waals surface area contributed by atoms with Crippen LogP contribution in [0.3, 0.4) is 0 Å². The monoisotopic (exact) mass is 757 g/mol. The second-order valence-corrected chi connectivity index (χ2v) is 13.9. The maximum absolute atomic E-state index is 16.3. The molecule has 0 aliphatic carbocycles. The summed E-state index contributed by atoms with van der Waals surface area (Å²) in [6.45, 7) is 0. The molecule has 0 aliphatic rings. The molecule has 0 saturated carbocycles. The lowest BCUT2D eigenvalue weighted by atomic mass is 10.0. The molecule has 0 bridgehead atoms. The molecule has 0 N–H and O–H groups in total. The summed E-state index contributed by atoms with van der Waals surface area (Å²) in [7, 11) is 1.83. The number of hydrogen-bond acceptors (Lipinski definition) is 4. The van der Waals surface area contributed by atoms with E-state index in [4.69, 9.17) is 0 Å². The van der Waals surface area contributed by atoms with Crippen LogP contribution >= 0.6 is 0 Å². The van der Waals surface area contributed by atoms with Crippen molar-refractivity contribution in [2.24, 2.45) is 7.05 Å². The van der Waals surface area contributed by atoms with Crippen molar-refractivity contribution in [2.75, 3.05) is 9.80 Å². The van der Waals surface area contributed by atoms with Gasteiger partial charge < -0.3 is 14.4 Å². The molecular weight excluding hydrogens is 721 g/mol. The first kappa shape index (κ1) is 36.0. The second kappa shape index (κ2) is 15.8. The zero-order chi connectivity index (χ0) is 39.4. The van der Waals surface area contributed by atoms with Crippen LogP contribution in [0.25, 0.3) is 44.8 Å². The fourth-order valence-electron chi connectivity index (χ4n) is 7.49. The average molecular weight is 758 g/mol. The molecule has 0 unspecified atom stereocenters. The summed E-state index contributed by atoms with van der Waals surface area (Å²) in [5, 5.41) is 0. The van der Waals surface area contributed by atoms with Crippen LogP contribution < -0.4 is 9.80 Å². The number of aromatic nitrogens is 3. The lowest BCUT2D eigenvalue weighted by Gasteiger charge is -2.26. The maximum Gasteiger partial charge on any atom is 0.134 e. The minimum atomic E-state index is -0.402. The quantitative estimate of drug-likeness (QED) is 0.139. The van der Waals surface area contributed by atoms with Crippen LogP contribution in [0.15, 0.2) is 207 Å². The molecule has 280 valence electrons. The molecule has 0 atom stereocenters. The molecule has 0 aliphatic heterocycles. The highest BCUT2D eigenvalue weighted by atomic mass is 19.1. The van der Waals surface area contributed by atoms with Crippen LogP contribution in [0.4, 0.5) is 42.9 Å². The van der Waals surface area contributed by atoms with Crippen LogP contribution in [-0.4, -0.2) is 14.5 Å². The summed E-state index contributed by atoms with van der Waals surface area (Å²) in [5.74, 6) is -0.803. The zero-order valence-corrected chi connectivity index (χ0v) is 31.6. The third-order valence-corrected chi connectivity index (χ3v) is 10.4. The first-order valence-corrected chi connectivity index (χ1v) is 19.0. The van der Waals surface area contributed by atoms with E-state index in [0.717, 1.165) is 45.0 Å². The number of pyridine rings is 2. The Labute approximate surface area is 336 Å². The van der Waals surface area contributed by atoms with E-state index in [9.17, 15) is 0 Å². The van der Waals surface area contributed by atoms with E-state index in [0.29, 0.717) is 33.9 Å². The van der Waals surface area contributed by atoms with Crippen molar-refractivity contribution in [3.05, 3.63) is 218 Å². The molecular formula is C51H37F2N5. The minimum absolute atomic E-state index is 0.402. The molecule has 9 rings (SSSR count). The van der Waals surface area contributed by atoms with Gasteiger partial charge in [0.15, 0.2) is 0 Å². The van der Waals surface area contributed by atoms with E-state index in [2.05, 4.69) is 58.5 Å². The molecule has 5 nitrogen and oxygen atoms in total. The average Bonchev–Trinajstić information content (AvgIpc) is 3.66. The van der Waals surface area contributed by atoms with Gasteiger partial charge in [-0.15, -0.1) is 0 Å². The van der Waals surface area contributed by atoms with Crippen molar-refractivity contribution < 1.29 is 8.78 Å². The van der Waals surface area contributed by atoms with Crippen molar-refractivity contribution in [3.63, 3.8) is 0 Å². The van der Waals surface area contributed by atoms with E-state index >= 15 is 8.78 Å². The zero-order valence-electron chi connectivity index (χ0n) is 31.6. The van der Waals surface area contributed by atoms with E-state index < -0.39 is 11.6 Å². The van der Waals surface area contributed by atoms with Gasteiger partial charge in [-0.1, -0.05) is 84.9 Å². The first-order valence-electron chi connectivity index (χ1n) is 19.0. The second-order valence-electron chi connectivity index (χ2n) is 13.9. The van der Waals surface area contributed by atoms with Crippen LogP contribution in [0.1, 0.15) is 0 Å². The predicted molar refractivity (Wildman–Crippen MR) is 232 cm³/mol. The first-order chi connectivity index (χ1) is 28.5. The van der Waals surface area contributed by atoms with Gasteiger partial charge in [0, 0.05) is 53.3 Å². The van der Waals surface area contributed by atoms with E-state index in [1.807, 2.05) is 131 Å². The lowest BCUT2D eigenvalue weighted by molar-refractivity contribution is 0.628. The molecule has 9 aromatic rings. The highest BCUT2D eigenvalue weighted by molar-refractivity contribution is 5.82. The Morgan fingerprint density at radius 3 is 1.12 bits per heavy atom. The molecule has 0 radical (unpaired) electrons. The normalized spacial score (nSPS) is 11.0. The van der Waals surface area contributed by atoms with Gasteiger partial charge >= 0.3 is 0 Å². The molecule has 0 fully saturated rings. The van der Waals surface area contributed by atoms with Gasteiger partial charge in [0.2, 0.25) is 0 Å². The van der Waals surface area contributed by atoms with Gasteiger partial charge in [0.05, 0.1) is 35.2 Å². The maximum atomic E-state index is 16.3. The molecule has 58 heavy (non-hydrogen) atoms. The number of halogens is 2. The summed E-state index contributed by atoms with van der Waals surface area (Å²) in [6, 6.07) is 58.5. The largest absolute Gasteiger partial charge is 0.343 e. The Kier molecular flexibility index (Phi) is 9.84. The SMILES string of the molecule is Cn1c(-c2ccc(N(c3ccc(-c4ccccc4)cc3)c3cccnc3)cc2F)ccc1-c1ccc(N(c2ccc(-c3ccccc3)cc2)c2cccnc2)cc1F. The molecule has 6 aromatic carbocycles. The molecule has 3 heterocycles. The molecule has 3 aromatic heterocycles. The number of anilines is 6. The van der Waals surface area contributed by atoms with Gasteiger partial charge in [-0.05, 0) is 119 Å². The fourth-order valence-corrected chi connectivity index (χ4v) is 7.49. The van der Waals surface area contributed by atoms with Crippen LogP contribution in [-0.2, 0) is 7.05 Å². The highest BCUT2D eigenvalue weighted by Gasteiger charge is 2.20. The number of nitrogens with zero attached hydrogens (tertiary/aromatic N) is 5. The summed E-state index contributed by atoms with van der Waals surface area (Å²) in [4.78, 5) is 12.6. The van der Waals surface area contributed by atoms with Crippen molar-refractivity contribution in [2.45, 2.75) is 0 Å². The van der Waals surface area contributed by atoms with Gasteiger partial charge in [0.1, 0.15) is 11.6 Å². The Morgan fingerprint density at radius 1 is 0.379 bits per heavy atom. The summed E-state index contributed by atoms with van der Waals surface area (Å²) in [5.41, 5.74) is 11.1. The molecule has 0 amide bonds. The minimum Gasteiger partial charge on any atom is -0.343 e. The van der Waals surface area contributed by atoms with Crippen molar-refractivity contribution in [3.8, 4) is 44.8 Å². The number of hydrogen-bond donors (Lipinski definition) is 0. The standard InChI is InChI=1S/C51H37F2N5/c1-56-50(46-26-24-42(32-48(46)52)57(44-14-8-30-54-34-44)40-20-16-38(17-21-40)36-10-4-2-5-11-36)28-29-51(56)47-27-25-43(33-49(47)53)58(45-15-9-31-55-35-45)41-22-18-39(19-23-41)37-12-6-3-7-13-37/h2-35H,1H3. The van der Waals surface area contributed by atoms with Crippen molar-refractivity contribution in [1.29, 1.82) is 0 Å². The van der Waals surface area contributed by atoms with Crippen molar-refractivity contribution in [1.82, 2.24) is 14.5 Å². The smallest absolute Gasteiger partial charge is 0.134 e. The number of benzene rings is 6. The Balaban J connectivity index is 1.02. The Morgan fingerprint density at radius 2 is 0.759 bits per heavy atom. The summed E-state index contributed by atoms with van der Waals surface area (Å²) < 4.78 is 34.5. The van der Waals surface area contributed by atoms with Gasteiger partial charge in [0.25, 0.3) is 0 Å². The highest BCUT2D eigenvalue weighted by Crippen LogP contribution is 2.40. The van der Waals surface area contributed by atoms with Crippen molar-refractivity contribution >= 4 is 34.1 Å². The van der Waals surface area contributed by atoms with Crippen LogP contribution in [0, 0.1) is 11.6 Å². The Bertz CT molecular complexity index is 2600. The van der Waals surface area contributed by atoms with Crippen LogP contribution in [0.5, 0.6) is 0 Å². The van der Waals surface area contributed by atoms with E-state index in [-0.39, 0.29) is 0 Å². The topological polar surface area (TPSA) is 37.2 Å². The Hall–Kier alpha value is -7.64. The third kappa shape index (κ3) is 7.13. The predicted octanol–water partition coefficient (Wildman–Crippen LogP) is 13.7. The molecule has 0 spiro atoms. The fraction of sp³-hybridized carbons (Fsp3) is 0.0196. The lowest BCUT2D eigenvalue weighted by Crippen LogP contribution is -2.11. The van der Waals surface area contributed by atoms with Crippen LogP contribution in [0.2, 0.25) is 0 Å². The molecule has 7 heteroatoms. The summed E-state index contributed by atoms with van der Waals surface area (Å²) in [6.07, 6.45) is 6.96. The number of rotatable bonds is 10. The molecule has 0 saturated heterocycles. The van der Waals surface area contributed by atoms with Gasteiger partial charge in [-0.25, -0.2) is 8.78 Å². The third-order valence-electron chi connectivity index (χ3n) is 10.4. The van der Waals surface area contributed by atoms with E-state index in [1.165, 1.54) is 12.1 Å². The summed E-state index contributed by atoms with van der Waals surface area (Å²) >= 11 is 0. The van der Waals surface area contributed by atoms with Gasteiger partial charge in [-0.3, -0.25) is 9.97 Å².